The highest BCUT2D eigenvalue weighted by Crippen LogP contribution is 2.25. The SMILES string of the molecule is CCc1ccc(NN=C(C#N)c2nc(-c3cccc(OC)c3)cs2)cc1. The number of aromatic nitrogens is 1. The summed E-state index contributed by atoms with van der Waals surface area (Å²) < 4.78 is 5.25. The zero-order chi connectivity index (χ0) is 18.4. The van der Waals surface area contributed by atoms with Crippen LogP contribution in [0, 0.1) is 11.3 Å². The first-order chi connectivity index (χ1) is 12.7. The molecule has 0 spiro atoms. The minimum atomic E-state index is 0.253. The Morgan fingerprint density at radius 3 is 2.77 bits per heavy atom. The van der Waals surface area contributed by atoms with Crippen molar-refractivity contribution in [1.29, 1.82) is 5.26 Å². The molecule has 3 rings (SSSR count). The number of nitrogens with one attached hydrogen (secondary N) is 1. The van der Waals surface area contributed by atoms with Crippen LogP contribution >= 0.6 is 11.3 Å². The largest absolute Gasteiger partial charge is 0.497 e. The fourth-order valence-corrected chi connectivity index (χ4v) is 3.12. The Labute approximate surface area is 156 Å². The van der Waals surface area contributed by atoms with Crippen molar-refractivity contribution in [3.8, 4) is 23.1 Å². The molecule has 5 nitrogen and oxygen atoms in total. The van der Waals surface area contributed by atoms with Gasteiger partial charge in [0.1, 0.15) is 11.8 Å². The van der Waals surface area contributed by atoms with Gasteiger partial charge in [0, 0.05) is 10.9 Å². The Hall–Kier alpha value is -3.17. The molecule has 1 N–H and O–H groups in total. The predicted octanol–water partition coefficient (Wildman–Crippen LogP) is 4.72. The molecule has 1 aromatic heterocycles. The van der Waals surface area contributed by atoms with E-state index in [1.165, 1.54) is 16.9 Å². The highest BCUT2D eigenvalue weighted by molar-refractivity contribution is 7.12. The number of hydrazone groups is 1. The van der Waals surface area contributed by atoms with Crippen LogP contribution in [0.3, 0.4) is 0 Å². The topological polar surface area (TPSA) is 70.3 Å². The second-order valence-corrected chi connectivity index (χ2v) is 6.36. The van der Waals surface area contributed by atoms with E-state index in [1.807, 2.05) is 53.9 Å². The number of thiazole rings is 1. The van der Waals surface area contributed by atoms with Gasteiger partial charge in [-0.2, -0.15) is 10.4 Å². The molecule has 2 aromatic carbocycles. The monoisotopic (exact) mass is 362 g/mol. The van der Waals surface area contributed by atoms with Crippen LogP contribution in [0.25, 0.3) is 11.3 Å². The quantitative estimate of drug-likeness (QED) is 0.509. The summed E-state index contributed by atoms with van der Waals surface area (Å²) in [4.78, 5) is 4.54. The van der Waals surface area contributed by atoms with Crippen LogP contribution in [0.4, 0.5) is 5.69 Å². The van der Waals surface area contributed by atoms with Gasteiger partial charge in [0.2, 0.25) is 0 Å². The van der Waals surface area contributed by atoms with E-state index in [0.717, 1.165) is 29.1 Å². The van der Waals surface area contributed by atoms with Crippen molar-refractivity contribution in [3.63, 3.8) is 0 Å². The summed E-state index contributed by atoms with van der Waals surface area (Å²) in [5.74, 6) is 0.767. The zero-order valence-corrected chi connectivity index (χ0v) is 15.4. The van der Waals surface area contributed by atoms with Gasteiger partial charge in [-0.15, -0.1) is 11.3 Å². The van der Waals surface area contributed by atoms with Crippen molar-refractivity contribution in [2.75, 3.05) is 12.5 Å². The maximum atomic E-state index is 9.43. The third-order valence-corrected chi connectivity index (χ3v) is 4.69. The molecule has 0 aliphatic heterocycles. The zero-order valence-electron chi connectivity index (χ0n) is 14.6. The minimum absolute atomic E-state index is 0.253. The number of nitriles is 1. The molecular formula is C20H18N4OS. The summed E-state index contributed by atoms with van der Waals surface area (Å²) in [7, 11) is 1.63. The maximum absolute atomic E-state index is 9.43. The van der Waals surface area contributed by atoms with E-state index in [2.05, 4.69) is 28.5 Å². The van der Waals surface area contributed by atoms with E-state index in [9.17, 15) is 5.26 Å². The summed E-state index contributed by atoms with van der Waals surface area (Å²) in [5.41, 5.74) is 6.99. The highest BCUT2D eigenvalue weighted by atomic mass is 32.1. The van der Waals surface area contributed by atoms with E-state index >= 15 is 0 Å². The standard InChI is InChI=1S/C20H18N4OS/c1-3-14-7-9-16(10-8-14)23-24-18(12-21)20-22-19(13-26-20)15-5-4-6-17(11-15)25-2/h4-11,13,23H,3H2,1-2H3. The minimum Gasteiger partial charge on any atom is -0.497 e. The second kappa shape index (κ2) is 8.28. The number of rotatable bonds is 6. The third kappa shape index (κ3) is 4.08. The lowest BCUT2D eigenvalue weighted by molar-refractivity contribution is 0.415. The van der Waals surface area contributed by atoms with Crippen molar-refractivity contribution in [2.45, 2.75) is 13.3 Å². The van der Waals surface area contributed by atoms with Gasteiger partial charge in [-0.25, -0.2) is 4.98 Å². The van der Waals surface area contributed by atoms with Crippen LogP contribution in [0.2, 0.25) is 0 Å². The lowest BCUT2D eigenvalue weighted by atomic mass is 10.1. The molecule has 26 heavy (non-hydrogen) atoms. The third-order valence-electron chi connectivity index (χ3n) is 3.84. The van der Waals surface area contributed by atoms with Crippen molar-refractivity contribution >= 4 is 22.7 Å². The normalized spacial score (nSPS) is 11.0. The number of benzene rings is 2. The van der Waals surface area contributed by atoms with Crippen LogP contribution in [0.5, 0.6) is 5.75 Å². The predicted molar refractivity (Wildman–Crippen MR) is 106 cm³/mol. The van der Waals surface area contributed by atoms with Crippen LogP contribution < -0.4 is 10.2 Å². The van der Waals surface area contributed by atoms with Gasteiger partial charge in [0.05, 0.1) is 18.5 Å². The van der Waals surface area contributed by atoms with Gasteiger partial charge in [-0.05, 0) is 36.2 Å². The van der Waals surface area contributed by atoms with Crippen molar-refractivity contribution in [3.05, 3.63) is 64.5 Å². The fraction of sp³-hybridized carbons (Fsp3) is 0.150. The number of hydrogen-bond donors (Lipinski definition) is 1. The molecule has 0 aliphatic carbocycles. The molecule has 0 radical (unpaired) electrons. The van der Waals surface area contributed by atoms with Crippen LogP contribution in [-0.2, 0) is 6.42 Å². The summed E-state index contributed by atoms with van der Waals surface area (Å²) in [6, 6.07) is 17.7. The first-order valence-corrected chi connectivity index (χ1v) is 9.04. The van der Waals surface area contributed by atoms with E-state index in [-0.39, 0.29) is 5.71 Å². The Bertz CT molecular complexity index is 954. The van der Waals surface area contributed by atoms with Gasteiger partial charge >= 0.3 is 0 Å². The van der Waals surface area contributed by atoms with Gasteiger partial charge in [0.25, 0.3) is 0 Å². The molecule has 3 aromatic rings. The van der Waals surface area contributed by atoms with E-state index in [4.69, 9.17) is 4.74 Å². The molecule has 0 aliphatic rings. The van der Waals surface area contributed by atoms with E-state index < -0.39 is 0 Å². The molecule has 130 valence electrons. The number of hydrogen-bond acceptors (Lipinski definition) is 6. The van der Waals surface area contributed by atoms with Crippen molar-refractivity contribution < 1.29 is 4.74 Å². The first kappa shape index (κ1) is 17.6. The average molecular weight is 362 g/mol. The summed E-state index contributed by atoms with van der Waals surface area (Å²) in [6.07, 6.45) is 0.985. The van der Waals surface area contributed by atoms with Crippen molar-refractivity contribution in [2.24, 2.45) is 5.10 Å². The van der Waals surface area contributed by atoms with Gasteiger partial charge < -0.3 is 4.74 Å². The highest BCUT2D eigenvalue weighted by Gasteiger charge is 2.11. The lowest BCUT2D eigenvalue weighted by Gasteiger charge is -2.02. The van der Waals surface area contributed by atoms with Gasteiger partial charge in [-0.3, -0.25) is 5.43 Å². The molecule has 0 atom stereocenters. The molecule has 0 unspecified atom stereocenters. The van der Waals surface area contributed by atoms with Crippen LogP contribution in [0.15, 0.2) is 59.0 Å². The molecular weight excluding hydrogens is 344 g/mol. The summed E-state index contributed by atoms with van der Waals surface area (Å²) in [5, 5.41) is 16.1. The number of methoxy groups -OCH3 is 1. The van der Waals surface area contributed by atoms with Crippen LogP contribution in [-0.4, -0.2) is 17.8 Å². The Morgan fingerprint density at radius 2 is 2.08 bits per heavy atom. The number of nitrogens with zero attached hydrogens (tertiary/aromatic N) is 3. The second-order valence-electron chi connectivity index (χ2n) is 5.50. The van der Waals surface area contributed by atoms with E-state index in [1.54, 1.807) is 7.11 Å². The Morgan fingerprint density at radius 1 is 1.27 bits per heavy atom. The Kier molecular flexibility index (Phi) is 5.62. The molecule has 0 fully saturated rings. The van der Waals surface area contributed by atoms with E-state index in [0.29, 0.717) is 5.01 Å². The molecule has 0 bridgehead atoms. The smallest absolute Gasteiger partial charge is 0.196 e. The number of ether oxygens (including phenoxy) is 1. The molecule has 0 saturated carbocycles. The number of anilines is 1. The fourth-order valence-electron chi connectivity index (χ4n) is 2.35. The molecule has 6 heteroatoms. The number of aryl methyl sites for hydroxylation is 1. The average Bonchev–Trinajstić information content (AvgIpc) is 3.19. The van der Waals surface area contributed by atoms with Gasteiger partial charge in [0.15, 0.2) is 10.7 Å². The first-order valence-electron chi connectivity index (χ1n) is 8.16. The summed E-state index contributed by atoms with van der Waals surface area (Å²) >= 11 is 1.39. The maximum Gasteiger partial charge on any atom is 0.196 e. The summed E-state index contributed by atoms with van der Waals surface area (Å²) in [6.45, 7) is 2.11. The molecule has 0 saturated heterocycles. The molecule has 1 heterocycles. The molecule has 0 amide bonds. The van der Waals surface area contributed by atoms with Crippen molar-refractivity contribution in [1.82, 2.24) is 4.98 Å². The van der Waals surface area contributed by atoms with Crippen LogP contribution in [0.1, 0.15) is 17.5 Å². The lowest BCUT2D eigenvalue weighted by Crippen LogP contribution is -2.01. The Balaban J connectivity index is 1.80. The van der Waals surface area contributed by atoms with Gasteiger partial charge in [-0.1, -0.05) is 31.2 Å².